The minimum atomic E-state index is -0.275. The van der Waals surface area contributed by atoms with Gasteiger partial charge in [-0.25, -0.2) is 4.98 Å². The van der Waals surface area contributed by atoms with E-state index in [9.17, 15) is 5.11 Å². The number of imidazole rings is 1. The summed E-state index contributed by atoms with van der Waals surface area (Å²) in [5.74, 6) is 0.935. The average Bonchev–Trinajstić information content (AvgIpc) is 2.96. The molecule has 5 heteroatoms. The maximum Gasteiger partial charge on any atom is 0.206 e. The minimum Gasteiger partial charge on any atom is -0.391 e. The standard InChI is InChI=1S/C19H20ClN3O/c20-15-9-7-14(8-10-15)12-23-18-6-2-1-5-17(18)21-19(23)22-11-3-4-16(24)13-22/h1-2,5-10,16,24H,3-4,11-13H2. The van der Waals surface area contributed by atoms with E-state index in [0.29, 0.717) is 6.54 Å². The topological polar surface area (TPSA) is 41.3 Å². The predicted octanol–water partition coefficient (Wildman–Crippen LogP) is 3.70. The highest BCUT2D eigenvalue weighted by Crippen LogP contribution is 2.26. The van der Waals surface area contributed by atoms with Crippen LogP contribution < -0.4 is 4.90 Å². The van der Waals surface area contributed by atoms with Crippen molar-refractivity contribution in [2.24, 2.45) is 0 Å². The summed E-state index contributed by atoms with van der Waals surface area (Å²) in [6, 6.07) is 16.1. The molecule has 2 aromatic carbocycles. The molecule has 1 fully saturated rings. The van der Waals surface area contributed by atoms with Crippen molar-refractivity contribution in [2.45, 2.75) is 25.5 Å². The van der Waals surface area contributed by atoms with Crippen molar-refractivity contribution in [3.05, 3.63) is 59.1 Å². The van der Waals surface area contributed by atoms with Gasteiger partial charge in [-0.3, -0.25) is 0 Å². The maximum atomic E-state index is 10.0. The van der Waals surface area contributed by atoms with Crippen LogP contribution in [0.1, 0.15) is 18.4 Å². The molecule has 0 saturated carbocycles. The highest BCUT2D eigenvalue weighted by molar-refractivity contribution is 6.30. The summed E-state index contributed by atoms with van der Waals surface area (Å²) in [7, 11) is 0. The van der Waals surface area contributed by atoms with Gasteiger partial charge in [-0.05, 0) is 42.7 Å². The van der Waals surface area contributed by atoms with Gasteiger partial charge in [0.1, 0.15) is 0 Å². The summed E-state index contributed by atoms with van der Waals surface area (Å²) in [4.78, 5) is 7.03. The average molecular weight is 342 g/mol. The highest BCUT2D eigenvalue weighted by Gasteiger charge is 2.23. The number of fused-ring (bicyclic) bond motifs is 1. The molecule has 1 saturated heterocycles. The van der Waals surface area contributed by atoms with Gasteiger partial charge in [-0.2, -0.15) is 0 Å². The lowest BCUT2D eigenvalue weighted by Crippen LogP contribution is -2.39. The number of aromatic nitrogens is 2. The molecule has 3 aromatic rings. The van der Waals surface area contributed by atoms with Crippen molar-refractivity contribution in [3.8, 4) is 0 Å². The smallest absolute Gasteiger partial charge is 0.206 e. The number of hydrogen-bond acceptors (Lipinski definition) is 3. The van der Waals surface area contributed by atoms with Gasteiger partial charge in [0.15, 0.2) is 0 Å². The fourth-order valence-electron chi connectivity index (χ4n) is 3.37. The van der Waals surface area contributed by atoms with Gasteiger partial charge in [0.05, 0.1) is 23.7 Å². The van der Waals surface area contributed by atoms with Gasteiger partial charge in [-0.15, -0.1) is 0 Å². The molecule has 1 aromatic heterocycles. The first kappa shape index (κ1) is 15.5. The SMILES string of the molecule is OC1CCCN(c2nc3ccccc3n2Cc2ccc(Cl)cc2)C1. The van der Waals surface area contributed by atoms with Crippen LogP contribution >= 0.6 is 11.6 Å². The molecule has 0 amide bonds. The third-order valence-corrected chi connectivity index (χ3v) is 4.82. The Morgan fingerprint density at radius 3 is 2.71 bits per heavy atom. The van der Waals surface area contributed by atoms with Crippen LogP contribution in [0.15, 0.2) is 48.5 Å². The number of aliphatic hydroxyl groups is 1. The number of piperidine rings is 1. The van der Waals surface area contributed by atoms with Gasteiger partial charge in [-0.1, -0.05) is 35.9 Å². The first-order valence-electron chi connectivity index (χ1n) is 8.33. The Bertz CT molecular complexity index is 843. The number of para-hydroxylation sites is 2. The molecule has 1 aliphatic heterocycles. The molecule has 24 heavy (non-hydrogen) atoms. The number of rotatable bonds is 3. The lowest BCUT2D eigenvalue weighted by molar-refractivity contribution is 0.153. The summed E-state index contributed by atoms with van der Waals surface area (Å²) in [5, 5.41) is 10.8. The fraction of sp³-hybridized carbons (Fsp3) is 0.316. The molecule has 2 heterocycles. The number of β-amino-alcohol motifs (C(OH)–C–C–N with tert-alkyl or cyclic N) is 1. The number of hydrogen-bond donors (Lipinski definition) is 1. The Labute approximate surface area is 146 Å². The van der Waals surface area contributed by atoms with E-state index in [0.717, 1.165) is 47.9 Å². The summed E-state index contributed by atoms with van der Waals surface area (Å²) in [6.45, 7) is 2.31. The third-order valence-electron chi connectivity index (χ3n) is 4.57. The summed E-state index contributed by atoms with van der Waals surface area (Å²) < 4.78 is 2.23. The van der Waals surface area contributed by atoms with Crippen LogP contribution in [0.3, 0.4) is 0 Å². The Morgan fingerprint density at radius 1 is 1.12 bits per heavy atom. The molecule has 0 aliphatic carbocycles. The van der Waals surface area contributed by atoms with Crippen molar-refractivity contribution in [1.82, 2.24) is 9.55 Å². The second-order valence-corrected chi connectivity index (χ2v) is 6.79. The first-order chi connectivity index (χ1) is 11.7. The van der Waals surface area contributed by atoms with Crippen molar-refractivity contribution in [3.63, 3.8) is 0 Å². The number of anilines is 1. The minimum absolute atomic E-state index is 0.275. The molecule has 1 unspecified atom stereocenters. The van der Waals surface area contributed by atoms with Crippen LogP contribution in [-0.2, 0) is 6.54 Å². The zero-order valence-electron chi connectivity index (χ0n) is 13.4. The van der Waals surface area contributed by atoms with Crippen LogP contribution in [-0.4, -0.2) is 33.9 Å². The van der Waals surface area contributed by atoms with Crippen LogP contribution in [0.5, 0.6) is 0 Å². The molecule has 1 N–H and O–H groups in total. The van der Waals surface area contributed by atoms with E-state index in [-0.39, 0.29) is 6.10 Å². The maximum absolute atomic E-state index is 10.0. The molecule has 0 radical (unpaired) electrons. The Hall–Kier alpha value is -2.04. The molecule has 1 aliphatic rings. The highest BCUT2D eigenvalue weighted by atomic mass is 35.5. The van der Waals surface area contributed by atoms with Crippen LogP contribution in [0.2, 0.25) is 5.02 Å². The number of aliphatic hydroxyl groups excluding tert-OH is 1. The van der Waals surface area contributed by atoms with Crippen LogP contribution in [0.4, 0.5) is 5.95 Å². The molecule has 124 valence electrons. The largest absolute Gasteiger partial charge is 0.391 e. The van der Waals surface area contributed by atoms with E-state index in [2.05, 4.69) is 15.5 Å². The van der Waals surface area contributed by atoms with Crippen molar-refractivity contribution in [2.75, 3.05) is 18.0 Å². The Kier molecular flexibility index (Phi) is 4.17. The summed E-state index contributed by atoms with van der Waals surface area (Å²) in [6.07, 6.45) is 1.58. The predicted molar refractivity (Wildman–Crippen MR) is 97.7 cm³/mol. The molecule has 0 spiro atoms. The number of nitrogens with zero attached hydrogens (tertiary/aromatic N) is 3. The quantitative estimate of drug-likeness (QED) is 0.789. The van der Waals surface area contributed by atoms with Gasteiger partial charge in [0, 0.05) is 18.1 Å². The molecule has 0 bridgehead atoms. The van der Waals surface area contributed by atoms with Gasteiger partial charge >= 0.3 is 0 Å². The number of halogens is 1. The van der Waals surface area contributed by atoms with Gasteiger partial charge in [0.25, 0.3) is 0 Å². The van der Waals surface area contributed by atoms with Gasteiger partial charge < -0.3 is 14.6 Å². The van der Waals surface area contributed by atoms with E-state index in [1.807, 2.05) is 42.5 Å². The van der Waals surface area contributed by atoms with Crippen LogP contribution in [0.25, 0.3) is 11.0 Å². The van der Waals surface area contributed by atoms with E-state index in [1.54, 1.807) is 0 Å². The Morgan fingerprint density at radius 2 is 1.92 bits per heavy atom. The Balaban J connectivity index is 1.76. The zero-order chi connectivity index (χ0) is 16.5. The summed E-state index contributed by atoms with van der Waals surface area (Å²) >= 11 is 6.00. The molecule has 4 nitrogen and oxygen atoms in total. The van der Waals surface area contributed by atoms with Crippen molar-refractivity contribution in [1.29, 1.82) is 0 Å². The first-order valence-corrected chi connectivity index (χ1v) is 8.71. The number of benzene rings is 2. The van der Waals surface area contributed by atoms with E-state index >= 15 is 0 Å². The van der Waals surface area contributed by atoms with Crippen molar-refractivity contribution < 1.29 is 5.11 Å². The molecule has 1 atom stereocenters. The second-order valence-electron chi connectivity index (χ2n) is 6.36. The normalized spacial score (nSPS) is 18.2. The zero-order valence-corrected chi connectivity index (χ0v) is 14.2. The molecular weight excluding hydrogens is 322 g/mol. The van der Waals surface area contributed by atoms with E-state index < -0.39 is 0 Å². The van der Waals surface area contributed by atoms with Crippen molar-refractivity contribution >= 4 is 28.6 Å². The van der Waals surface area contributed by atoms with Gasteiger partial charge in [0.2, 0.25) is 5.95 Å². The van der Waals surface area contributed by atoms with E-state index in [4.69, 9.17) is 16.6 Å². The fourth-order valence-corrected chi connectivity index (χ4v) is 3.49. The van der Waals surface area contributed by atoms with E-state index in [1.165, 1.54) is 5.56 Å². The lowest BCUT2D eigenvalue weighted by atomic mass is 10.1. The molecular formula is C19H20ClN3O. The summed E-state index contributed by atoms with van der Waals surface area (Å²) in [5.41, 5.74) is 3.28. The molecule has 4 rings (SSSR count). The monoisotopic (exact) mass is 341 g/mol. The lowest BCUT2D eigenvalue weighted by Gasteiger charge is -2.31. The van der Waals surface area contributed by atoms with Crippen LogP contribution in [0, 0.1) is 0 Å². The third kappa shape index (κ3) is 2.99. The second kappa shape index (κ2) is 6.46.